The summed E-state index contributed by atoms with van der Waals surface area (Å²) in [5, 5.41) is 1.03. The molecular formula is C11H11NO2S. The van der Waals surface area contributed by atoms with Crippen LogP contribution >= 0.6 is 11.3 Å². The van der Waals surface area contributed by atoms with Gasteiger partial charge in [-0.2, -0.15) is 0 Å². The SMILES string of the molecule is CCOC(=O)c1cc2ccc(N)cc2s1. The highest BCUT2D eigenvalue weighted by atomic mass is 32.1. The smallest absolute Gasteiger partial charge is 0.348 e. The van der Waals surface area contributed by atoms with Gasteiger partial charge in [0.15, 0.2) is 0 Å². The van der Waals surface area contributed by atoms with E-state index in [0.29, 0.717) is 17.2 Å². The molecule has 0 bridgehead atoms. The second-order valence-electron chi connectivity index (χ2n) is 3.13. The lowest BCUT2D eigenvalue weighted by atomic mass is 10.2. The fourth-order valence-corrected chi connectivity index (χ4v) is 2.36. The molecule has 0 saturated carbocycles. The molecule has 0 fully saturated rings. The molecule has 2 aromatic rings. The Kier molecular flexibility index (Phi) is 2.60. The lowest BCUT2D eigenvalue weighted by Crippen LogP contribution is -2.01. The predicted octanol–water partition coefficient (Wildman–Crippen LogP) is 2.66. The maximum absolute atomic E-state index is 11.5. The van der Waals surface area contributed by atoms with Crippen LogP contribution in [-0.2, 0) is 4.74 Å². The number of esters is 1. The fraction of sp³-hybridized carbons (Fsp3) is 0.182. The number of thiophene rings is 1. The van der Waals surface area contributed by atoms with Crippen molar-refractivity contribution in [3.05, 3.63) is 29.1 Å². The lowest BCUT2D eigenvalue weighted by Gasteiger charge is -1.95. The van der Waals surface area contributed by atoms with E-state index in [1.54, 1.807) is 6.92 Å². The Bertz CT molecular complexity index is 504. The van der Waals surface area contributed by atoms with E-state index in [4.69, 9.17) is 10.5 Å². The first-order chi connectivity index (χ1) is 7.20. The third kappa shape index (κ3) is 1.94. The van der Waals surface area contributed by atoms with Crippen LogP contribution in [0.2, 0.25) is 0 Å². The molecule has 4 heteroatoms. The Morgan fingerprint density at radius 1 is 1.47 bits per heavy atom. The molecule has 0 amide bonds. The maximum atomic E-state index is 11.5. The van der Waals surface area contributed by atoms with Crippen LogP contribution in [0.15, 0.2) is 24.3 Å². The molecule has 0 atom stereocenters. The lowest BCUT2D eigenvalue weighted by molar-refractivity contribution is 0.0532. The van der Waals surface area contributed by atoms with Gasteiger partial charge >= 0.3 is 5.97 Å². The summed E-state index contributed by atoms with van der Waals surface area (Å²) in [6.07, 6.45) is 0. The van der Waals surface area contributed by atoms with E-state index in [-0.39, 0.29) is 5.97 Å². The molecule has 78 valence electrons. The molecule has 2 N–H and O–H groups in total. The van der Waals surface area contributed by atoms with Gasteiger partial charge in [-0.05, 0) is 30.5 Å². The van der Waals surface area contributed by atoms with Crippen molar-refractivity contribution >= 4 is 33.1 Å². The molecule has 15 heavy (non-hydrogen) atoms. The summed E-state index contributed by atoms with van der Waals surface area (Å²) < 4.78 is 5.94. The van der Waals surface area contributed by atoms with Gasteiger partial charge in [-0.1, -0.05) is 6.07 Å². The summed E-state index contributed by atoms with van der Waals surface area (Å²) in [4.78, 5) is 12.1. The van der Waals surface area contributed by atoms with Gasteiger partial charge in [0, 0.05) is 10.4 Å². The number of rotatable bonds is 2. The van der Waals surface area contributed by atoms with E-state index < -0.39 is 0 Å². The number of carbonyl (C=O) groups is 1. The number of hydrogen-bond donors (Lipinski definition) is 1. The Morgan fingerprint density at radius 3 is 3.00 bits per heavy atom. The molecule has 0 radical (unpaired) electrons. The zero-order chi connectivity index (χ0) is 10.8. The molecule has 0 aliphatic carbocycles. The van der Waals surface area contributed by atoms with Crippen molar-refractivity contribution in [1.82, 2.24) is 0 Å². The zero-order valence-electron chi connectivity index (χ0n) is 8.32. The number of fused-ring (bicyclic) bond motifs is 1. The molecule has 0 spiro atoms. The summed E-state index contributed by atoms with van der Waals surface area (Å²) in [5.74, 6) is -0.266. The number of hydrogen-bond acceptors (Lipinski definition) is 4. The highest BCUT2D eigenvalue weighted by molar-refractivity contribution is 7.20. The normalized spacial score (nSPS) is 10.5. The Labute approximate surface area is 91.5 Å². The van der Waals surface area contributed by atoms with Crippen molar-refractivity contribution in [2.45, 2.75) is 6.92 Å². The maximum Gasteiger partial charge on any atom is 0.348 e. The summed E-state index contributed by atoms with van der Waals surface area (Å²) in [6.45, 7) is 2.19. The highest BCUT2D eigenvalue weighted by Gasteiger charge is 2.10. The molecular weight excluding hydrogens is 210 g/mol. The minimum Gasteiger partial charge on any atom is -0.462 e. The van der Waals surface area contributed by atoms with Crippen molar-refractivity contribution in [2.75, 3.05) is 12.3 Å². The molecule has 3 nitrogen and oxygen atoms in total. The van der Waals surface area contributed by atoms with Crippen LogP contribution in [0.4, 0.5) is 5.69 Å². The van der Waals surface area contributed by atoms with E-state index in [1.165, 1.54) is 11.3 Å². The number of ether oxygens (including phenoxy) is 1. The number of benzene rings is 1. The van der Waals surface area contributed by atoms with Gasteiger partial charge in [0.1, 0.15) is 4.88 Å². The summed E-state index contributed by atoms with van der Waals surface area (Å²) in [7, 11) is 0. The number of nitrogen functional groups attached to an aromatic ring is 1. The van der Waals surface area contributed by atoms with E-state index >= 15 is 0 Å². The van der Waals surface area contributed by atoms with Gasteiger partial charge in [0.05, 0.1) is 6.61 Å². The topological polar surface area (TPSA) is 52.3 Å². The first-order valence-corrected chi connectivity index (χ1v) is 5.48. The fourth-order valence-electron chi connectivity index (χ4n) is 1.35. The van der Waals surface area contributed by atoms with E-state index in [1.807, 2.05) is 24.3 Å². The number of anilines is 1. The van der Waals surface area contributed by atoms with Gasteiger partial charge in [0.2, 0.25) is 0 Å². The van der Waals surface area contributed by atoms with E-state index in [2.05, 4.69) is 0 Å². The Morgan fingerprint density at radius 2 is 2.27 bits per heavy atom. The molecule has 1 heterocycles. The van der Waals surface area contributed by atoms with Crippen LogP contribution in [0.3, 0.4) is 0 Å². The number of carbonyl (C=O) groups excluding carboxylic acids is 1. The van der Waals surface area contributed by atoms with Gasteiger partial charge in [0.25, 0.3) is 0 Å². The van der Waals surface area contributed by atoms with Crippen LogP contribution in [0.5, 0.6) is 0 Å². The second kappa shape index (κ2) is 3.90. The van der Waals surface area contributed by atoms with Crippen LogP contribution in [0, 0.1) is 0 Å². The summed E-state index contributed by atoms with van der Waals surface area (Å²) in [5.41, 5.74) is 6.37. The van der Waals surface area contributed by atoms with Crippen LogP contribution < -0.4 is 5.73 Å². The molecule has 2 rings (SSSR count). The van der Waals surface area contributed by atoms with Gasteiger partial charge in [-0.15, -0.1) is 11.3 Å². The van der Waals surface area contributed by atoms with Crippen LogP contribution in [0.25, 0.3) is 10.1 Å². The first kappa shape index (κ1) is 9.98. The van der Waals surface area contributed by atoms with Crippen LogP contribution in [-0.4, -0.2) is 12.6 Å². The van der Waals surface area contributed by atoms with E-state index in [0.717, 1.165) is 10.1 Å². The molecule has 1 aromatic heterocycles. The van der Waals surface area contributed by atoms with E-state index in [9.17, 15) is 4.79 Å². The third-order valence-corrected chi connectivity index (χ3v) is 3.10. The van der Waals surface area contributed by atoms with Crippen molar-refractivity contribution in [3.63, 3.8) is 0 Å². The number of nitrogens with two attached hydrogens (primary N) is 1. The van der Waals surface area contributed by atoms with Gasteiger partial charge < -0.3 is 10.5 Å². The molecule has 0 aliphatic heterocycles. The summed E-state index contributed by atoms with van der Waals surface area (Å²) in [6, 6.07) is 7.42. The van der Waals surface area contributed by atoms with Crippen molar-refractivity contribution < 1.29 is 9.53 Å². The monoisotopic (exact) mass is 221 g/mol. The average molecular weight is 221 g/mol. The zero-order valence-corrected chi connectivity index (χ0v) is 9.14. The van der Waals surface area contributed by atoms with Gasteiger partial charge in [-0.25, -0.2) is 4.79 Å². The second-order valence-corrected chi connectivity index (χ2v) is 4.21. The Hall–Kier alpha value is -1.55. The first-order valence-electron chi connectivity index (χ1n) is 4.67. The van der Waals surface area contributed by atoms with Crippen LogP contribution in [0.1, 0.15) is 16.6 Å². The van der Waals surface area contributed by atoms with Crippen molar-refractivity contribution in [3.8, 4) is 0 Å². The minimum absolute atomic E-state index is 0.266. The quantitative estimate of drug-likeness (QED) is 0.626. The van der Waals surface area contributed by atoms with Crippen molar-refractivity contribution in [1.29, 1.82) is 0 Å². The Balaban J connectivity index is 2.42. The largest absolute Gasteiger partial charge is 0.462 e. The highest BCUT2D eigenvalue weighted by Crippen LogP contribution is 2.27. The standard InChI is InChI=1S/C11H11NO2S/c1-2-14-11(13)10-5-7-3-4-8(12)6-9(7)15-10/h3-6H,2,12H2,1H3. The van der Waals surface area contributed by atoms with Gasteiger partial charge in [-0.3, -0.25) is 0 Å². The average Bonchev–Trinajstić information content (AvgIpc) is 2.60. The molecule has 0 saturated heterocycles. The van der Waals surface area contributed by atoms with Crippen molar-refractivity contribution in [2.24, 2.45) is 0 Å². The molecule has 0 unspecified atom stereocenters. The molecule has 0 aliphatic rings. The third-order valence-electron chi connectivity index (χ3n) is 2.02. The summed E-state index contributed by atoms with van der Waals surface area (Å²) >= 11 is 1.40. The minimum atomic E-state index is -0.266. The molecule has 1 aromatic carbocycles. The predicted molar refractivity (Wildman–Crippen MR) is 62.2 cm³/mol.